The van der Waals surface area contributed by atoms with E-state index in [1.54, 1.807) is 5.57 Å². The van der Waals surface area contributed by atoms with Crippen LogP contribution in [0.3, 0.4) is 0 Å². The molecule has 0 radical (unpaired) electrons. The molecule has 0 spiro atoms. The second-order valence-corrected chi connectivity index (χ2v) is 5.74. The maximum atomic E-state index is 4.49. The van der Waals surface area contributed by atoms with E-state index in [1.165, 1.54) is 43.4 Å². The van der Waals surface area contributed by atoms with E-state index in [0.29, 0.717) is 6.04 Å². The van der Waals surface area contributed by atoms with E-state index in [1.807, 2.05) is 11.7 Å². The maximum Gasteiger partial charge on any atom is 0.0644 e. The van der Waals surface area contributed by atoms with Crippen LogP contribution >= 0.6 is 0 Å². The fourth-order valence-corrected chi connectivity index (χ4v) is 3.10. The molecular weight excluding hydrogens is 234 g/mol. The van der Waals surface area contributed by atoms with E-state index in [-0.39, 0.29) is 0 Å². The normalized spacial score (nSPS) is 17.4. The predicted molar refractivity (Wildman–Crippen MR) is 80.3 cm³/mol. The zero-order valence-electron chi connectivity index (χ0n) is 12.8. The van der Waals surface area contributed by atoms with Gasteiger partial charge < -0.3 is 5.32 Å². The quantitative estimate of drug-likeness (QED) is 0.821. The molecule has 2 rings (SSSR count). The summed E-state index contributed by atoms with van der Waals surface area (Å²) >= 11 is 0. The number of nitrogens with one attached hydrogen (secondary N) is 1. The lowest BCUT2D eigenvalue weighted by Crippen LogP contribution is -2.21. The van der Waals surface area contributed by atoms with Crippen molar-refractivity contribution >= 4 is 0 Å². The summed E-state index contributed by atoms with van der Waals surface area (Å²) in [5.41, 5.74) is 5.43. The van der Waals surface area contributed by atoms with Gasteiger partial charge in [-0.2, -0.15) is 5.10 Å². The van der Waals surface area contributed by atoms with Gasteiger partial charge in [-0.15, -0.1) is 0 Å². The van der Waals surface area contributed by atoms with E-state index < -0.39 is 0 Å². The van der Waals surface area contributed by atoms with E-state index >= 15 is 0 Å². The summed E-state index contributed by atoms with van der Waals surface area (Å²) in [5.74, 6) is 0. The van der Waals surface area contributed by atoms with Crippen LogP contribution in [0.25, 0.3) is 0 Å². The zero-order valence-corrected chi connectivity index (χ0v) is 12.8. The van der Waals surface area contributed by atoms with Crippen LogP contribution in [0.2, 0.25) is 0 Å². The van der Waals surface area contributed by atoms with Crippen LogP contribution in [0.5, 0.6) is 0 Å². The molecule has 0 saturated heterocycles. The number of nitrogens with zero attached hydrogens (tertiary/aromatic N) is 2. The second kappa shape index (κ2) is 6.38. The Labute approximate surface area is 117 Å². The molecule has 0 aromatic carbocycles. The summed E-state index contributed by atoms with van der Waals surface area (Å²) < 4.78 is 1.98. The number of hydrogen-bond acceptors (Lipinski definition) is 2. The van der Waals surface area contributed by atoms with Crippen LogP contribution in [0.1, 0.15) is 62.0 Å². The molecule has 0 amide bonds. The minimum Gasteiger partial charge on any atom is -0.310 e. The molecule has 0 saturated carbocycles. The van der Waals surface area contributed by atoms with Crippen LogP contribution < -0.4 is 5.32 Å². The third kappa shape index (κ3) is 3.47. The van der Waals surface area contributed by atoms with E-state index in [2.05, 4.69) is 37.3 Å². The van der Waals surface area contributed by atoms with Crippen molar-refractivity contribution in [2.45, 2.75) is 58.9 Å². The Balaban J connectivity index is 1.87. The molecule has 106 valence electrons. The Hall–Kier alpha value is -1.09. The largest absolute Gasteiger partial charge is 0.310 e. The highest BCUT2D eigenvalue weighted by Crippen LogP contribution is 2.22. The van der Waals surface area contributed by atoms with Crippen molar-refractivity contribution < 1.29 is 0 Å². The van der Waals surface area contributed by atoms with Gasteiger partial charge in [0.15, 0.2) is 0 Å². The highest BCUT2D eigenvalue weighted by atomic mass is 15.3. The molecule has 0 aliphatic heterocycles. The number of aryl methyl sites for hydroxylation is 2. The Morgan fingerprint density at radius 3 is 2.74 bits per heavy atom. The first-order valence-corrected chi connectivity index (χ1v) is 7.51. The fraction of sp³-hybridized carbons (Fsp3) is 0.688. The topological polar surface area (TPSA) is 29.9 Å². The monoisotopic (exact) mass is 261 g/mol. The van der Waals surface area contributed by atoms with Gasteiger partial charge in [0, 0.05) is 24.3 Å². The first-order valence-electron chi connectivity index (χ1n) is 7.51. The lowest BCUT2D eigenvalue weighted by atomic mass is 9.97. The fourth-order valence-electron chi connectivity index (χ4n) is 3.10. The molecule has 1 N–H and O–H groups in total. The molecule has 3 heteroatoms. The van der Waals surface area contributed by atoms with Crippen molar-refractivity contribution in [3.05, 3.63) is 28.6 Å². The number of allylic oxidation sites excluding steroid dienone is 1. The molecule has 1 aliphatic rings. The Bertz CT molecular complexity index is 457. The van der Waals surface area contributed by atoms with Crippen LogP contribution in [-0.2, 0) is 7.05 Å². The van der Waals surface area contributed by atoms with Crippen LogP contribution in [0.15, 0.2) is 11.6 Å². The molecule has 1 heterocycles. The summed E-state index contributed by atoms with van der Waals surface area (Å²) in [6.07, 6.45) is 8.98. The molecule has 0 fully saturated rings. The van der Waals surface area contributed by atoms with Gasteiger partial charge in [0.2, 0.25) is 0 Å². The standard InChI is InChI=1S/C16H27N3/c1-12(16-13(2)18-19(4)14(16)3)17-11-10-15-8-6-5-7-9-15/h8,12,17H,5-7,9-11H2,1-4H3. The summed E-state index contributed by atoms with van der Waals surface area (Å²) in [6, 6.07) is 0.387. The number of aromatic nitrogens is 2. The van der Waals surface area contributed by atoms with E-state index in [9.17, 15) is 0 Å². The van der Waals surface area contributed by atoms with E-state index in [4.69, 9.17) is 0 Å². The molecule has 3 nitrogen and oxygen atoms in total. The van der Waals surface area contributed by atoms with Gasteiger partial charge in [0.1, 0.15) is 0 Å². The minimum absolute atomic E-state index is 0.387. The maximum absolute atomic E-state index is 4.49. The molecule has 1 atom stereocenters. The summed E-state index contributed by atoms with van der Waals surface area (Å²) in [4.78, 5) is 0. The van der Waals surface area contributed by atoms with Crippen molar-refractivity contribution in [1.29, 1.82) is 0 Å². The second-order valence-electron chi connectivity index (χ2n) is 5.74. The van der Waals surface area contributed by atoms with Gasteiger partial charge in [-0.3, -0.25) is 4.68 Å². The molecule has 19 heavy (non-hydrogen) atoms. The van der Waals surface area contributed by atoms with Crippen LogP contribution in [0, 0.1) is 13.8 Å². The third-order valence-electron chi connectivity index (χ3n) is 4.28. The van der Waals surface area contributed by atoms with Gasteiger partial charge in [-0.1, -0.05) is 11.6 Å². The number of hydrogen-bond donors (Lipinski definition) is 1. The van der Waals surface area contributed by atoms with Crippen molar-refractivity contribution in [2.75, 3.05) is 6.54 Å². The van der Waals surface area contributed by atoms with Crippen molar-refractivity contribution in [3.8, 4) is 0 Å². The third-order valence-corrected chi connectivity index (χ3v) is 4.28. The molecule has 1 unspecified atom stereocenters. The molecule has 1 aromatic heterocycles. The highest BCUT2D eigenvalue weighted by molar-refractivity contribution is 5.27. The van der Waals surface area contributed by atoms with Crippen LogP contribution in [-0.4, -0.2) is 16.3 Å². The highest BCUT2D eigenvalue weighted by Gasteiger charge is 2.15. The van der Waals surface area contributed by atoms with Gasteiger partial charge in [0.25, 0.3) is 0 Å². The average molecular weight is 261 g/mol. The molecule has 0 bridgehead atoms. The SMILES string of the molecule is Cc1nn(C)c(C)c1C(C)NCCC1=CCCCC1. The van der Waals surface area contributed by atoms with Gasteiger partial charge in [-0.05, 0) is 59.4 Å². The molecule has 1 aromatic rings. The lowest BCUT2D eigenvalue weighted by Gasteiger charge is -2.17. The van der Waals surface area contributed by atoms with Gasteiger partial charge in [-0.25, -0.2) is 0 Å². The molecule has 1 aliphatic carbocycles. The van der Waals surface area contributed by atoms with Gasteiger partial charge in [0.05, 0.1) is 5.69 Å². The zero-order chi connectivity index (χ0) is 13.8. The predicted octanol–water partition coefficient (Wildman–Crippen LogP) is 3.58. The first kappa shape index (κ1) is 14.3. The minimum atomic E-state index is 0.387. The van der Waals surface area contributed by atoms with Crippen molar-refractivity contribution in [1.82, 2.24) is 15.1 Å². The first-order chi connectivity index (χ1) is 9.09. The Morgan fingerprint density at radius 2 is 2.16 bits per heavy atom. The van der Waals surface area contributed by atoms with Gasteiger partial charge >= 0.3 is 0 Å². The Kier molecular flexibility index (Phi) is 4.81. The Morgan fingerprint density at radius 1 is 1.37 bits per heavy atom. The number of rotatable bonds is 5. The summed E-state index contributed by atoms with van der Waals surface area (Å²) in [6.45, 7) is 7.56. The molecular formula is C16H27N3. The van der Waals surface area contributed by atoms with E-state index in [0.717, 1.165) is 12.2 Å². The van der Waals surface area contributed by atoms with Crippen LogP contribution in [0.4, 0.5) is 0 Å². The summed E-state index contributed by atoms with van der Waals surface area (Å²) in [5, 5.41) is 8.14. The average Bonchev–Trinajstić information content (AvgIpc) is 2.64. The lowest BCUT2D eigenvalue weighted by molar-refractivity contribution is 0.558. The van der Waals surface area contributed by atoms with Crippen molar-refractivity contribution in [2.24, 2.45) is 7.05 Å². The smallest absolute Gasteiger partial charge is 0.0644 e. The summed E-state index contributed by atoms with van der Waals surface area (Å²) in [7, 11) is 2.02. The van der Waals surface area contributed by atoms with Crippen molar-refractivity contribution in [3.63, 3.8) is 0 Å².